The molecule has 2 atom stereocenters. The Morgan fingerprint density at radius 3 is 2.39 bits per heavy atom. The van der Waals surface area contributed by atoms with E-state index < -0.39 is 6.09 Å². The van der Waals surface area contributed by atoms with E-state index in [0.717, 1.165) is 49.4 Å². The molecule has 3 heterocycles. The van der Waals surface area contributed by atoms with Gasteiger partial charge >= 0.3 is 6.09 Å². The monoisotopic (exact) mass is 515 g/mol. The van der Waals surface area contributed by atoms with Gasteiger partial charge in [0.1, 0.15) is 11.7 Å². The standard InChI is InChI=1S/C28H33N7O3/c1-38-28(37)33-22-8-6-18(7-9-22)23-15-32-26(34-23)24-14-21(17-10-12-31-13-11-17)16-35(24)27(36)20-4-2-19(3-5-20)25(29)30/h2-9,15,17,21,24,31H,10-14,16H2,1H3,(H3,29,30)(H,32,34)(H,33,37). The molecule has 2 aliphatic rings. The summed E-state index contributed by atoms with van der Waals surface area (Å²) in [6.07, 6.45) is 4.35. The van der Waals surface area contributed by atoms with Crippen molar-refractivity contribution in [2.75, 3.05) is 32.1 Å². The summed E-state index contributed by atoms with van der Waals surface area (Å²) in [5, 5.41) is 13.7. The summed E-state index contributed by atoms with van der Waals surface area (Å²) >= 11 is 0. The molecule has 0 saturated carbocycles. The normalized spacial score (nSPS) is 19.8. The number of nitrogens with one attached hydrogen (secondary N) is 4. The van der Waals surface area contributed by atoms with Crippen LogP contribution in [0.5, 0.6) is 0 Å². The number of likely N-dealkylation sites (tertiary alicyclic amines) is 1. The number of aromatic nitrogens is 2. The molecule has 0 bridgehead atoms. The number of anilines is 1. The van der Waals surface area contributed by atoms with Crippen molar-refractivity contribution in [3.8, 4) is 11.3 Å². The van der Waals surface area contributed by atoms with E-state index in [1.807, 2.05) is 17.0 Å². The molecule has 5 rings (SSSR count). The van der Waals surface area contributed by atoms with Crippen LogP contribution in [0.15, 0.2) is 54.7 Å². The molecule has 2 aliphatic heterocycles. The average Bonchev–Trinajstić information content (AvgIpc) is 3.61. The first-order valence-corrected chi connectivity index (χ1v) is 12.9. The predicted molar refractivity (Wildman–Crippen MR) is 145 cm³/mol. The Kier molecular flexibility index (Phi) is 7.41. The molecule has 2 saturated heterocycles. The summed E-state index contributed by atoms with van der Waals surface area (Å²) in [7, 11) is 1.32. The van der Waals surface area contributed by atoms with E-state index >= 15 is 0 Å². The van der Waals surface area contributed by atoms with Crippen LogP contribution in [0.1, 0.15) is 47.1 Å². The van der Waals surface area contributed by atoms with E-state index in [9.17, 15) is 9.59 Å². The van der Waals surface area contributed by atoms with E-state index in [-0.39, 0.29) is 17.8 Å². The van der Waals surface area contributed by atoms with Gasteiger partial charge in [-0.15, -0.1) is 0 Å². The predicted octanol–water partition coefficient (Wildman–Crippen LogP) is 3.74. The zero-order chi connectivity index (χ0) is 26.6. The molecule has 198 valence electrons. The second-order valence-electron chi connectivity index (χ2n) is 9.92. The number of nitrogen functional groups attached to an aromatic ring is 1. The molecule has 38 heavy (non-hydrogen) atoms. The van der Waals surface area contributed by atoms with E-state index in [1.165, 1.54) is 7.11 Å². The maximum Gasteiger partial charge on any atom is 0.411 e. The first-order chi connectivity index (χ1) is 18.4. The van der Waals surface area contributed by atoms with Crippen molar-refractivity contribution in [3.05, 3.63) is 71.7 Å². The zero-order valence-corrected chi connectivity index (χ0v) is 21.4. The lowest BCUT2D eigenvalue weighted by Crippen LogP contribution is -2.35. The van der Waals surface area contributed by atoms with Gasteiger partial charge in [-0.1, -0.05) is 24.3 Å². The molecule has 2 aromatic carbocycles. The Balaban J connectivity index is 1.39. The summed E-state index contributed by atoms with van der Waals surface area (Å²) in [4.78, 5) is 35.3. The van der Waals surface area contributed by atoms with Crippen LogP contribution in [0, 0.1) is 17.2 Å². The minimum absolute atomic E-state index is 0.0220. The summed E-state index contributed by atoms with van der Waals surface area (Å²) in [6, 6.07) is 14.2. The highest BCUT2D eigenvalue weighted by atomic mass is 16.5. The molecule has 2 unspecified atom stereocenters. The summed E-state index contributed by atoms with van der Waals surface area (Å²) < 4.78 is 4.64. The van der Waals surface area contributed by atoms with Crippen LogP contribution in [-0.4, -0.2) is 59.4 Å². The molecule has 10 nitrogen and oxygen atoms in total. The quantitative estimate of drug-likeness (QED) is 0.249. The molecule has 6 N–H and O–H groups in total. The van der Waals surface area contributed by atoms with Gasteiger partial charge in [-0.3, -0.25) is 15.5 Å². The number of imidazole rings is 1. The van der Waals surface area contributed by atoms with Crippen LogP contribution in [-0.2, 0) is 4.74 Å². The fourth-order valence-electron chi connectivity index (χ4n) is 5.52. The van der Waals surface area contributed by atoms with Crippen molar-refractivity contribution in [2.24, 2.45) is 17.6 Å². The number of nitrogens with zero attached hydrogens (tertiary/aromatic N) is 2. The van der Waals surface area contributed by atoms with Gasteiger partial charge < -0.3 is 25.7 Å². The number of aromatic amines is 1. The number of ether oxygens (including phenoxy) is 1. The third-order valence-corrected chi connectivity index (χ3v) is 7.63. The lowest BCUT2D eigenvalue weighted by molar-refractivity contribution is 0.0721. The number of carbonyl (C=O) groups excluding carboxylic acids is 2. The molecule has 10 heteroatoms. The van der Waals surface area contributed by atoms with E-state index in [2.05, 4.69) is 20.4 Å². The van der Waals surface area contributed by atoms with Crippen LogP contribution < -0.4 is 16.4 Å². The Morgan fingerprint density at radius 2 is 1.74 bits per heavy atom. The molecule has 2 amide bonds. The molecule has 0 aliphatic carbocycles. The van der Waals surface area contributed by atoms with E-state index in [0.29, 0.717) is 35.2 Å². The molecular weight excluding hydrogens is 482 g/mol. The fourth-order valence-corrected chi connectivity index (χ4v) is 5.52. The average molecular weight is 516 g/mol. The van der Waals surface area contributed by atoms with Crippen molar-refractivity contribution in [1.82, 2.24) is 20.2 Å². The topological polar surface area (TPSA) is 149 Å². The maximum atomic E-state index is 13.7. The molecule has 0 spiro atoms. The Bertz CT molecular complexity index is 1300. The molecule has 3 aromatic rings. The van der Waals surface area contributed by atoms with Crippen LogP contribution in [0.2, 0.25) is 0 Å². The number of carbonyl (C=O) groups is 2. The van der Waals surface area contributed by atoms with E-state index in [4.69, 9.17) is 16.1 Å². The zero-order valence-electron chi connectivity index (χ0n) is 21.4. The number of amidine groups is 1. The highest BCUT2D eigenvalue weighted by Crippen LogP contribution is 2.41. The number of hydrogen-bond acceptors (Lipinski definition) is 6. The minimum Gasteiger partial charge on any atom is -0.453 e. The van der Waals surface area contributed by atoms with Gasteiger partial charge in [-0.05, 0) is 74.0 Å². The smallest absolute Gasteiger partial charge is 0.411 e. The lowest BCUT2D eigenvalue weighted by Gasteiger charge is -2.28. The fraction of sp³-hybridized carbons (Fsp3) is 0.357. The Morgan fingerprint density at radius 1 is 1.05 bits per heavy atom. The van der Waals surface area contributed by atoms with Gasteiger partial charge in [-0.25, -0.2) is 9.78 Å². The van der Waals surface area contributed by atoms with Crippen LogP contribution in [0.4, 0.5) is 10.5 Å². The number of nitrogens with two attached hydrogens (primary N) is 1. The van der Waals surface area contributed by atoms with Crippen molar-refractivity contribution < 1.29 is 14.3 Å². The van der Waals surface area contributed by atoms with Gasteiger partial charge in [0.05, 0.1) is 25.0 Å². The summed E-state index contributed by atoms with van der Waals surface area (Å²) in [6.45, 7) is 2.71. The number of benzene rings is 2. The first kappa shape index (κ1) is 25.5. The lowest BCUT2D eigenvalue weighted by atomic mass is 9.83. The van der Waals surface area contributed by atoms with Crippen molar-refractivity contribution in [3.63, 3.8) is 0 Å². The van der Waals surface area contributed by atoms with Gasteiger partial charge in [-0.2, -0.15) is 0 Å². The van der Waals surface area contributed by atoms with Crippen molar-refractivity contribution in [1.29, 1.82) is 5.41 Å². The SMILES string of the molecule is COC(=O)Nc1ccc(-c2cnc(C3CC(C4CCNCC4)CN3C(=O)c3ccc(C(=N)N)cc3)[nH]2)cc1. The number of methoxy groups -OCH3 is 1. The van der Waals surface area contributed by atoms with Gasteiger partial charge in [0.2, 0.25) is 0 Å². The number of piperidine rings is 1. The molecular formula is C28H33N7O3. The van der Waals surface area contributed by atoms with Crippen LogP contribution in [0.25, 0.3) is 11.3 Å². The molecule has 2 fully saturated rings. The number of rotatable bonds is 6. The molecule has 1 aromatic heterocycles. The highest BCUT2D eigenvalue weighted by Gasteiger charge is 2.41. The third-order valence-electron chi connectivity index (χ3n) is 7.63. The van der Waals surface area contributed by atoms with Crippen LogP contribution in [0.3, 0.4) is 0 Å². The highest BCUT2D eigenvalue weighted by molar-refractivity contribution is 5.98. The van der Waals surface area contributed by atoms with Crippen LogP contribution >= 0.6 is 0 Å². The first-order valence-electron chi connectivity index (χ1n) is 12.9. The second-order valence-corrected chi connectivity index (χ2v) is 9.92. The largest absolute Gasteiger partial charge is 0.453 e. The number of hydrogen-bond donors (Lipinski definition) is 5. The third kappa shape index (κ3) is 5.40. The second kappa shape index (κ2) is 11.1. The summed E-state index contributed by atoms with van der Waals surface area (Å²) in [5.41, 5.74) is 9.16. The van der Waals surface area contributed by atoms with Crippen molar-refractivity contribution in [2.45, 2.75) is 25.3 Å². The van der Waals surface area contributed by atoms with Gasteiger partial charge in [0.15, 0.2) is 0 Å². The van der Waals surface area contributed by atoms with Gasteiger partial charge in [0.25, 0.3) is 5.91 Å². The number of H-pyrrole nitrogens is 1. The minimum atomic E-state index is -0.521. The van der Waals surface area contributed by atoms with Gasteiger partial charge in [0, 0.05) is 23.4 Å². The Hall–Kier alpha value is -4.18. The number of amides is 2. The van der Waals surface area contributed by atoms with Crippen molar-refractivity contribution >= 4 is 23.5 Å². The Labute approximate surface area is 221 Å². The summed E-state index contributed by atoms with van der Waals surface area (Å²) in [5.74, 6) is 1.67. The van der Waals surface area contributed by atoms with E-state index in [1.54, 1.807) is 42.6 Å². The maximum absolute atomic E-state index is 13.7. The molecule has 0 radical (unpaired) electrons.